The highest BCUT2D eigenvalue weighted by molar-refractivity contribution is 6.29. The van der Waals surface area contributed by atoms with Gasteiger partial charge in [0.05, 0.1) is 0 Å². The first kappa shape index (κ1) is 12.9. The van der Waals surface area contributed by atoms with Gasteiger partial charge in [-0.05, 0) is 21.0 Å². The predicted molar refractivity (Wildman–Crippen MR) is 59.4 cm³/mol. The van der Waals surface area contributed by atoms with Crippen molar-refractivity contribution >= 4 is 11.6 Å². The van der Waals surface area contributed by atoms with Crippen LogP contribution >= 0.6 is 11.6 Å². The lowest BCUT2D eigenvalue weighted by atomic mass is 10.3. The summed E-state index contributed by atoms with van der Waals surface area (Å²) in [7, 11) is 3.60. The molecule has 0 saturated heterocycles. The molecule has 1 atom stereocenters. The van der Waals surface area contributed by atoms with Crippen molar-refractivity contribution in [1.82, 2.24) is 14.5 Å². The summed E-state index contributed by atoms with van der Waals surface area (Å²) < 4.78 is 14.0. The smallest absolute Gasteiger partial charge is 0.305 e. The lowest BCUT2D eigenvalue weighted by Crippen LogP contribution is -2.42. The number of nitrogens with one attached hydrogen (secondary N) is 1. The summed E-state index contributed by atoms with van der Waals surface area (Å²) in [6.07, 6.45) is 0. The van der Waals surface area contributed by atoms with Gasteiger partial charge >= 0.3 is 5.69 Å². The molecule has 0 fully saturated rings. The Balaban J connectivity index is 3.21. The number of aromatic nitrogens is 2. The van der Waals surface area contributed by atoms with E-state index in [0.29, 0.717) is 0 Å². The summed E-state index contributed by atoms with van der Waals surface area (Å²) in [5.41, 5.74) is -1.70. The fraction of sp³-hybridized carbons (Fsp3) is 0.556. The minimum Gasteiger partial charge on any atom is -0.305 e. The molecule has 0 aliphatic rings. The summed E-state index contributed by atoms with van der Waals surface area (Å²) in [5, 5.41) is -0.552. The third-order valence-corrected chi connectivity index (χ3v) is 2.68. The number of hydrogen-bond donors (Lipinski definition) is 1. The van der Waals surface area contributed by atoms with Gasteiger partial charge < -0.3 is 4.90 Å². The van der Waals surface area contributed by atoms with Crippen LogP contribution in [0.15, 0.2) is 9.59 Å². The first-order valence-electron chi connectivity index (χ1n) is 4.69. The maximum absolute atomic E-state index is 13.2. The highest BCUT2D eigenvalue weighted by atomic mass is 35.5. The summed E-state index contributed by atoms with van der Waals surface area (Å²) >= 11 is 5.34. The molecule has 0 aliphatic carbocycles. The van der Waals surface area contributed by atoms with Crippen molar-refractivity contribution in [2.45, 2.75) is 19.5 Å². The molecule has 7 heteroatoms. The van der Waals surface area contributed by atoms with Crippen LogP contribution in [0, 0.1) is 5.82 Å². The molecule has 90 valence electrons. The van der Waals surface area contributed by atoms with Crippen molar-refractivity contribution in [2.24, 2.45) is 0 Å². The molecule has 1 aromatic rings. The molecule has 0 aromatic carbocycles. The molecule has 1 aromatic heterocycles. The van der Waals surface area contributed by atoms with Gasteiger partial charge in [0, 0.05) is 12.6 Å². The zero-order valence-corrected chi connectivity index (χ0v) is 10.0. The van der Waals surface area contributed by atoms with Gasteiger partial charge in [-0.2, -0.15) is 4.39 Å². The van der Waals surface area contributed by atoms with Crippen LogP contribution in [-0.2, 0) is 6.54 Å². The molecule has 1 N–H and O–H groups in total. The number of likely N-dealkylation sites (N-methyl/N-ethyl adjacent to an activating group) is 1. The van der Waals surface area contributed by atoms with Gasteiger partial charge in [-0.3, -0.25) is 14.3 Å². The van der Waals surface area contributed by atoms with Crippen molar-refractivity contribution in [3.05, 3.63) is 31.8 Å². The Bertz CT molecular complexity index is 495. The van der Waals surface area contributed by atoms with Gasteiger partial charge in [-0.25, -0.2) is 4.79 Å². The molecule has 16 heavy (non-hydrogen) atoms. The van der Waals surface area contributed by atoms with Gasteiger partial charge in [0.25, 0.3) is 5.56 Å². The molecular formula is C9H13ClFN3O2. The number of nitrogens with zero attached hydrogens (tertiary/aromatic N) is 2. The first-order chi connectivity index (χ1) is 7.34. The second kappa shape index (κ2) is 4.80. The van der Waals surface area contributed by atoms with E-state index in [1.165, 1.54) is 0 Å². The third kappa shape index (κ3) is 2.51. The van der Waals surface area contributed by atoms with Gasteiger partial charge in [0.1, 0.15) is 0 Å². The molecule has 0 spiro atoms. The minimum atomic E-state index is -1.13. The van der Waals surface area contributed by atoms with Crippen LogP contribution in [0.25, 0.3) is 0 Å². The van der Waals surface area contributed by atoms with Crippen LogP contribution in [0.4, 0.5) is 4.39 Å². The van der Waals surface area contributed by atoms with E-state index in [-0.39, 0.29) is 12.6 Å². The Labute approximate surface area is 96.5 Å². The van der Waals surface area contributed by atoms with Crippen molar-refractivity contribution in [3.8, 4) is 0 Å². The van der Waals surface area contributed by atoms with Gasteiger partial charge in [0.15, 0.2) is 5.15 Å². The normalized spacial score (nSPS) is 13.1. The molecular weight excluding hydrogens is 237 g/mol. The number of rotatable bonds is 3. The van der Waals surface area contributed by atoms with Crippen LogP contribution in [0.5, 0.6) is 0 Å². The minimum absolute atomic E-state index is 0.0700. The zero-order chi connectivity index (χ0) is 12.5. The topological polar surface area (TPSA) is 58.1 Å². The average molecular weight is 250 g/mol. The standard InChI is InChI=1S/C9H13ClFN3O2/c1-5(13(2)3)4-14-8(15)6(11)7(10)12-9(14)16/h5H,4H2,1-3H3,(H,12,16). The predicted octanol–water partition coefficient (Wildman–Crippen LogP) is 0.279. The van der Waals surface area contributed by atoms with Gasteiger partial charge in [0.2, 0.25) is 5.82 Å². The SMILES string of the molecule is CC(Cn1c(=O)[nH]c(Cl)c(F)c1=O)N(C)C. The van der Waals surface area contributed by atoms with E-state index in [1.54, 1.807) is 14.1 Å². The number of hydrogen-bond acceptors (Lipinski definition) is 3. The lowest BCUT2D eigenvalue weighted by molar-refractivity contribution is 0.276. The summed E-state index contributed by atoms with van der Waals surface area (Å²) in [5.74, 6) is -1.13. The Kier molecular flexibility index (Phi) is 3.88. The second-order valence-corrected chi connectivity index (χ2v) is 4.16. The molecule has 0 radical (unpaired) electrons. The fourth-order valence-corrected chi connectivity index (χ4v) is 1.28. The molecule has 1 unspecified atom stereocenters. The van der Waals surface area contributed by atoms with Crippen molar-refractivity contribution in [2.75, 3.05) is 14.1 Å². The Morgan fingerprint density at radius 3 is 2.56 bits per heavy atom. The lowest BCUT2D eigenvalue weighted by Gasteiger charge is -2.19. The van der Waals surface area contributed by atoms with E-state index in [9.17, 15) is 14.0 Å². The second-order valence-electron chi connectivity index (χ2n) is 3.79. The van der Waals surface area contributed by atoms with Crippen LogP contribution in [-0.4, -0.2) is 34.6 Å². The summed E-state index contributed by atoms with van der Waals surface area (Å²) in [6.45, 7) is 1.92. The maximum atomic E-state index is 13.2. The van der Waals surface area contributed by atoms with E-state index >= 15 is 0 Å². The quantitative estimate of drug-likeness (QED) is 0.783. The molecule has 0 bridgehead atoms. The summed E-state index contributed by atoms with van der Waals surface area (Å²) in [6, 6.07) is -0.0700. The van der Waals surface area contributed by atoms with Gasteiger partial charge in [-0.1, -0.05) is 11.6 Å². The zero-order valence-electron chi connectivity index (χ0n) is 9.25. The monoisotopic (exact) mass is 249 g/mol. The molecule has 5 nitrogen and oxygen atoms in total. The number of aromatic amines is 1. The highest BCUT2D eigenvalue weighted by Crippen LogP contribution is 2.02. The first-order valence-corrected chi connectivity index (χ1v) is 5.07. The Morgan fingerprint density at radius 1 is 1.50 bits per heavy atom. The van der Waals surface area contributed by atoms with Crippen molar-refractivity contribution in [3.63, 3.8) is 0 Å². The molecule has 1 rings (SSSR count). The van der Waals surface area contributed by atoms with Crippen LogP contribution in [0.3, 0.4) is 0 Å². The average Bonchev–Trinajstić information content (AvgIpc) is 2.20. The number of H-pyrrole nitrogens is 1. The molecule has 0 saturated carbocycles. The van der Waals surface area contributed by atoms with E-state index in [2.05, 4.69) is 4.98 Å². The third-order valence-electron chi connectivity index (χ3n) is 2.42. The largest absolute Gasteiger partial charge is 0.329 e. The Morgan fingerprint density at radius 2 is 2.06 bits per heavy atom. The van der Waals surface area contributed by atoms with Crippen molar-refractivity contribution in [1.29, 1.82) is 0 Å². The fourth-order valence-electron chi connectivity index (χ4n) is 1.11. The van der Waals surface area contributed by atoms with Crippen LogP contribution in [0.1, 0.15) is 6.92 Å². The van der Waals surface area contributed by atoms with E-state index in [4.69, 9.17) is 11.6 Å². The summed E-state index contributed by atoms with van der Waals surface area (Å²) in [4.78, 5) is 26.7. The number of halogens is 2. The molecule has 0 aliphatic heterocycles. The van der Waals surface area contributed by atoms with E-state index < -0.39 is 22.2 Å². The Hall–Kier alpha value is -1.14. The highest BCUT2D eigenvalue weighted by Gasteiger charge is 2.15. The van der Waals surface area contributed by atoms with Crippen LogP contribution in [0.2, 0.25) is 5.15 Å². The van der Waals surface area contributed by atoms with E-state index in [1.807, 2.05) is 11.8 Å². The molecule has 1 heterocycles. The van der Waals surface area contributed by atoms with Crippen molar-refractivity contribution < 1.29 is 4.39 Å². The van der Waals surface area contributed by atoms with Gasteiger partial charge in [-0.15, -0.1) is 0 Å². The van der Waals surface area contributed by atoms with Crippen LogP contribution < -0.4 is 11.2 Å². The molecule has 0 amide bonds. The van der Waals surface area contributed by atoms with E-state index in [0.717, 1.165) is 4.57 Å². The maximum Gasteiger partial charge on any atom is 0.329 e.